The number of fused-ring (bicyclic) bond motifs is 1. The van der Waals surface area contributed by atoms with Gasteiger partial charge in [-0.1, -0.05) is 12.8 Å². The number of nitrogens with zero attached hydrogens (tertiary/aromatic N) is 1. The van der Waals surface area contributed by atoms with Gasteiger partial charge in [0.25, 0.3) is 0 Å². The average molecular weight is 166 g/mol. The fourth-order valence-corrected chi connectivity index (χ4v) is 2.28. The lowest BCUT2D eigenvalue weighted by atomic mass is 9.88. The van der Waals surface area contributed by atoms with Crippen LogP contribution in [0.15, 0.2) is 4.99 Å². The molecule has 0 saturated heterocycles. The van der Waals surface area contributed by atoms with Crippen LogP contribution in [0.4, 0.5) is 0 Å². The highest BCUT2D eigenvalue weighted by Gasteiger charge is 2.29. The molecule has 1 aliphatic carbocycles. The molecule has 1 saturated carbocycles. The smallest absolute Gasteiger partial charge is 0.0652 e. The first kappa shape index (κ1) is 8.24. The summed E-state index contributed by atoms with van der Waals surface area (Å²) in [5, 5.41) is 3.64. The largest absolute Gasteiger partial charge is 0.304 e. The Labute approximate surface area is 74.5 Å². The second-order valence-corrected chi connectivity index (χ2v) is 4.12. The van der Waals surface area contributed by atoms with Crippen LogP contribution in [0.5, 0.6) is 0 Å². The third-order valence-electron chi connectivity index (χ3n) is 3.19. The maximum absolute atomic E-state index is 4.74. The van der Waals surface area contributed by atoms with Gasteiger partial charge in [0.15, 0.2) is 0 Å². The zero-order valence-corrected chi connectivity index (χ0v) is 8.01. The summed E-state index contributed by atoms with van der Waals surface area (Å²) in [7, 11) is 0. The maximum Gasteiger partial charge on any atom is 0.0652 e. The van der Waals surface area contributed by atoms with Crippen LogP contribution in [0, 0.1) is 0 Å². The van der Waals surface area contributed by atoms with Crippen LogP contribution in [-0.2, 0) is 0 Å². The highest BCUT2D eigenvalue weighted by molar-refractivity contribution is 5.87. The van der Waals surface area contributed by atoms with Gasteiger partial charge in [0.05, 0.1) is 6.04 Å². The molecule has 1 heterocycles. The van der Waals surface area contributed by atoms with Crippen LogP contribution < -0.4 is 5.32 Å². The van der Waals surface area contributed by atoms with Gasteiger partial charge in [-0.2, -0.15) is 0 Å². The molecule has 0 aromatic rings. The van der Waals surface area contributed by atoms with E-state index in [2.05, 4.69) is 19.2 Å². The molecule has 1 fully saturated rings. The lowest BCUT2D eigenvalue weighted by molar-refractivity contribution is 0.309. The predicted octanol–water partition coefficient (Wildman–Crippen LogP) is 1.75. The Bertz CT molecular complexity index is 198. The van der Waals surface area contributed by atoms with Crippen molar-refractivity contribution in [2.75, 3.05) is 0 Å². The van der Waals surface area contributed by atoms with Gasteiger partial charge in [0.2, 0.25) is 0 Å². The van der Waals surface area contributed by atoms with E-state index in [0.29, 0.717) is 18.1 Å². The van der Waals surface area contributed by atoms with E-state index in [1.165, 1.54) is 31.4 Å². The van der Waals surface area contributed by atoms with E-state index in [1.54, 1.807) is 0 Å². The monoisotopic (exact) mass is 166 g/mol. The molecule has 0 aromatic heterocycles. The highest BCUT2D eigenvalue weighted by Crippen LogP contribution is 2.24. The lowest BCUT2D eigenvalue weighted by Gasteiger charge is -2.36. The van der Waals surface area contributed by atoms with Crippen molar-refractivity contribution in [2.24, 2.45) is 4.99 Å². The Morgan fingerprint density at radius 2 is 2.08 bits per heavy atom. The van der Waals surface area contributed by atoms with Crippen LogP contribution in [0.1, 0.15) is 39.5 Å². The molecule has 3 atom stereocenters. The number of rotatable bonds is 0. The molecule has 3 unspecified atom stereocenters. The molecule has 68 valence electrons. The third-order valence-corrected chi connectivity index (χ3v) is 3.19. The quantitative estimate of drug-likeness (QED) is 0.582. The minimum absolute atomic E-state index is 0.504. The van der Waals surface area contributed by atoms with Crippen molar-refractivity contribution in [2.45, 2.75) is 57.7 Å². The Kier molecular flexibility index (Phi) is 2.18. The van der Waals surface area contributed by atoms with Crippen LogP contribution in [0.2, 0.25) is 0 Å². The summed E-state index contributed by atoms with van der Waals surface area (Å²) in [4.78, 5) is 4.74. The maximum atomic E-state index is 4.74. The SMILES string of the molecule is CC1=NC2CCCCC2NC1C. The lowest BCUT2D eigenvalue weighted by Crippen LogP contribution is -2.52. The van der Waals surface area contributed by atoms with Crippen molar-refractivity contribution in [1.29, 1.82) is 0 Å². The molecule has 2 rings (SSSR count). The van der Waals surface area contributed by atoms with Gasteiger partial charge >= 0.3 is 0 Å². The predicted molar refractivity (Wildman–Crippen MR) is 51.8 cm³/mol. The van der Waals surface area contributed by atoms with Gasteiger partial charge in [-0.05, 0) is 26.7 Å². The minimum Gasteiger partial charge on any atom is -0.304 e. The van der Waals surface area contributed by atoms with Gasteiger partial charge in [0.1, 0.15) is 0 Å². The fraction of sp³-hybridized carbons (Fsp3) is 0.900. The Balaban J connectivity index is 2.12. The first-order chi connectivity index (χ1) is 5.77. The summed E-state index contributed by atoms with van der Waals surface area (Å²) in [5.41, 5.74) is 1.29. The molecule has 2 nitrogen and oxygen atoms in total. The summed E-state index contributed by atoms with van der Waals surface area (Å²) in [6.45, 7) is 4.35. The fourth-order valence-electron chi connectivity index (χ4n) is 2.28. The molecule has 2 heteroatoms. The molecule has 1 N–H and O–H groups in total. The van der Waals surface area contributed by atoms with E-state index in [4.69, 9.17) is 4.99 Å². The molecule has 0 aromatic carbocycles. The van der Waals surface area contributed by atoms with Gasteiger partial charge in [-0.3, -0.25) is 4.99 Å². The Morgan fingerprint density at radius 1 is 1.33 bits per heavy atom. The van der Waals surface area contributed by atoms with Crippen molar-refractivity contribution in [3.05, 3.63) is 0 Å². The third kappa shape index (κ3) is 1.40. The summed E-state index contributed by atoms with van der Waals surface area (Å²) >= 11 is 0. The molecule has 2 aliphatic rings. The molecular weight excluding hydrogens is 148 g/mol. The topological polar surface area (TPSA) is 24.4 Å². The molecular formula is C10H18N2. The summed E-state index contributed by atoms with van der Waals surface area (Å²) in [5.74, 6) is 0. The standard InChI is InChI=1S/C10H18N2/c1-7-8(2)12-10-6-4-3-5-9(10)11-7/h7,9-11H,3-6H2,1-2H3. The van der Waals surface area contributed by atoms with Gasteiger partial charge < -0.3 is 5.32 Å². The van der Waals surface area contributed by atoms with Crippen LogP contribution in [0.3, 0.4) is 0 Å². The first-order valence-corrected chi connectivity index (χ1v) is 5.08. The zero-order valence-electron chi connectivity index (χ0n) is 8.01. The summed E-state index contributed by atoms with van der Waals surface area (Å²) in [6.07, 6.45) is 5.37. The van der Waals surface area contributed by atoms with Crippen LogP contribution in [0.25, 0.3) is 0 Å². The molecule has 0 amide bonds. The van der Waals surface area contributed by atoms with Crippen molar-refractivity contribution in [1.82, 2.24) is 5.32 Å². The normalized spacial score (nSPS) is 41.8. The van der Waals surface area contributed by atoms with Crippen molar-refractivity contribution >= 4 is 5.71 Å². The van der Waals surface area contributed by atoms with E-state index >= 15 is 0 Å². The van der Waals surface area contributed by atoms with Crippen molar-refractivity contribution < 1.29 is 0 Å². The van der Waals surface area contributed by atoms with E-state index in [0.717, 1.165) is 0 Å². The summed E-state index contributed by atoms with van der Waals surface area (Å²) in [6, 6.07) is 1.77. The molecule has 12 heavy (non-hydrogen) atoms. The highest BCUT2D eigenvalue weighted by atomic mass is 15.1. The second-order valence-electron chi connectivity index (χ2n) is 4.12. The van der Waals surface area contributed by atoms with Gasteiger partial charge in [-0.25, -0.2) is 0 Å². The van der Waals surface area contributed by atoms with E-state index in [1.807, 2.05) is 0 Å². The van der Waals surface area contributed by atoms with Crippen LogP contribution in [-0.4, -0.2) is 23.8 Å². The summed E-state index contributed by atoms with van der Waals surface area (Å²) < 4.78 is 0. The van der Waals surface area contributed by atoms with Crippen molar-refractivity contribution in [3.63, 3.8) is 0 Å². The minimum atomic E-state index is 0.504. The Morgan fingerprint density at radius 3 is 2.92 bits per heavy atom. The second kappa shape index (κ2) is 3.17. The average Bonchev–Trinajstić information content (AvgIpc) is 2.07. The van der Waals surface area contributed by atoms with Gasteiger partial charge in [0, 0.05) is 17.8 Å². The number of aliphatic imine (C=N–C) groups is 1. The zero-order chi connectivity index (χ0) is 8.55. The van der Waals surface area contributed by atoms with E-state index in [9.17, 15) is 0 Å². The number of hydrogen-bond donors (Lipinski definition) is 1. The van der Waals surface area contributed by atoms with Crippen molar-refractivity contribution in [3.8, 4) is 0 Å². The molecule has 0 spiro atoms. The van der Waals surface area contributed by atoms with E-state index < -0.39 is 0 Å². The molecule has 1 aliphatic heterocycles. The molecule has 0 radical (unpaired) electrons. The molecule has 0 bridgehead atoms. The Hall–Kier alpha value is -0.370. The number of hydrogen-bond acceptors (Lipinski definition) is 2. The first-order valence-electron chi connectivity index (χ1n) is 5.08. The van der Waals surface area contributed by atoms with E-state index in [-0.39, 0.29) is 0 Å². The van der Waals surface area contributed by atoms with Crippen LogP contribution >= 0.6 is 0 Å². The number of nitrogens with one attached hydrogen (secondary N) is 1. The van der Waals surface area contributed by atoms with Gasteiger partial charge in [-0.15, -0.1) is 0 Å².